The van der Waals surface area contributed by atoms with Crippen molar-refractivity contribution in [2.24, 2.45) is 0 Å². The lowest BCUT2D eigenvalue weighted by Gasteiger charge is -2.23. The monoisotopic (exact) mass is 371 g/mol. The molecule has 0 bridgehead atoms. The Kier molecular flexibility index (Phi) is 4.56. The third-order valence-corrected chi connectivity index (χ3v) is 4.41. The fraction of sp³-hybridized carbons (Fsp3) is 0.467. The number of nitriles is 1. The van der Waals surface area contributed by atoms with Crippen molar-refractivity contribution in [2.75, 3.05) is 5.32 Å². The second kappa shape index (κ2) is 6.52. The van der Waals surface area contributed by atoms with E-state index in [2.05, 4.69) is 15.3 Å². The molecular formula is C15H13ClF3N5O. The molecule has 1 fully saturated rings. The molecule has 0 radical (unpaired) electrons. The molecule has 1 aliphatic carbocycles. The molecule has 132 valence electrons. The summed E-state index contributed by atoms with van der Waals surface area (Å²) in [6.45, 7) is -1.37. The van der Waals surface area contributed by atoms with Crippen LogP contribution in [-0.2, 0) is 11.3 Å². The van der Waals surface area contributed by atoms with Crippen LogP contribution in [0.25, 0.3) is 11.0 Å². The number of hydrogen-bond donors (Lipinski definition) is 1. The molecule has 0 aliphatic heterocycles. The van der Waals surface area contributed by atoms with Gasteiger partial charge in [-0.05, 0) is 12.8 Å². The second-order valence-corrected chi connectivity index (χ2v) is 6.24. The van der Waals surface area contributed by atoms with E-state index < -0.39 is 12.7 Å². The van der Waals surface area contributed by atoms with Gasteiger partial charge in [0.2, 0.25) is 5.82 Å². The smallest absolute Gasteiger partial charge is 0.366 e. The van der Waals surface area contributed by atoms with Crippen LogP contribution in [0.3, 0.4) is 0 Å². The zero-order valence-electron chi connectivity index (χ0n) is 12.9. The fourth-order valence-corrected chi connectivity index (χ4v) is 3.19. The van der Waals surface area contributed by atoms with Crippen LogP contribution in [0, 0.1) is 11.3 Å². The number of imidazole rings is 1. The molecule has 2 aromatic rings. The predicted octanol–water partition coefficient (Wildman–Crippen LogP) is 3.44. The molecule has 10 heteroatoms. The number of hydrogen-bond acceptors (Lipinski definition) is 5. The molecular weight excluding hydrogens is 359 g/mol. The Hall–Kier alpha value is -2.34. The molecule has 0 atom stereocenters. The van der Waals surface area contributed by atoms with Crippen molar-refractivity contribution in [3.63, 3.8) is 0 Å². The molecule has 1 aliphatic rings. The van der Waals surface area contributed by atoms with Crippen molar-refractivity contribution in [1.82, 2.24) is 14.5 Å². The third kappa shape index (κ3) is 3.69. The average Bonchev–Trinajstić information content (AvgIpc) is 2.89. The topological polar surface area (TPSA) is 83.6 Å². The highest BCUT2D eigenvalue weighted by Crippen LogP contribution is 2.33. The molecule has 3 rings (SSSR count). The van der Waals surface area contributed by atoms with Crippen molar-refractivity contribution in [1.29, 1.82) is 5.26 Å². The Morgan fingerprint density at radius 3 is 2.68 bits per heavy atom. The van der Waals surface area contributed by atoms with Crippen LogP contribution >= 0.6 is 11.6 Å². The van der Waals surface area contributed by atoms with Crippen LogP contribution in [-0.4, -0.2) is 32.5 Å². The van der Waals surface area contributed by atoms with E-state index in [9.17, 15) is 18.0 Å². The van der Waals surface area contributed by atoms with Gasteiger partial charge in [0.1, 0.15) is 34.8 Å². The van der Waals surface area contributed by atoms with Crippen molar-refractivity contribution in [2.45, 2.75) is 44.4 Å². The first-order valence-electron chi connectivity index (χ1n) is 7.58. The number of alkyl halides is 3. The number of carbonyl (C=O) groups is 1. The van der Waals surface area contributed by atoms with Crippen LogP contribution in [0.15, 0.2) is 6.20 Å². The average molecular weight is 372 g/mol. The molecule has 1 saturated carbocycles. The predicted molar refractivity (Wildman–Crippen MR) is 84.2 cm³/mol. The number of Topliss-reactive ketones (excluding diaryl/α,β-unsaturated/α-hetero) is 1. The first-order valence-corrected chi connectivity index (χ1v) is 7.96. The molecule has 6 nitrogen and oxygen atoms in total. The quantitative estimate of drug-likeness (QED) is 0.893. The minimum Gasteiger partial charge on any atom is -0.366 e. The van der Waals surface area contributed by atoms with E-state index in [-0.39, 0.29) is 39.5 Å². The van der Waals surface area contributed by atoms with E-state index in [0.29, 0.717) is 25.7 Å². The Morgan fingerprint density at radius 2 is 2.08 bits per heavy atom. The largest absolute Gasteiger partial charge is 0.406 e. The van der Waals surface area contributed by atoms with Gasteiger partial charge in [0.25, 0.3) is 0 Å². The van der Waals surface area contributed by atoms with Crippen molar-refractivity contribution in [3.8, 4) is 6.07 Å². The Balaban J connectivity index is 1.99. The minimum absolute atomic E-state index is 0.0138. The summed E-state index contributed by atoms with van der Waals surface area (Å²) in [4.78, 5) is 19.3. The van der Waals surface area contributed by atoms with Crippen LogP contribution < -0.4 is 5.32 Å². The maximum atomic E-state index is 12.8. The molecule has 0 aromatic carbocycles. The lowest BCUT2D eigenvalue weighted by Crippen LogP contribution is -2.26. The van der Waals surface area contributed by atoms with E-state index in [1.165, 1.54) is 6.20 Å². The summed E-state index contributed by atoms with van der Waals surface area (Å²) in [6, 6.07) is 1.62. The maximum Gasteiger partial charge on any atom is 0.406 e. The highest BCUT2D eigenvalue weighted by Gasteiger charge is 2.31. The summed E-state index contributed by atoms with van der Waals surface area (Å²) in [5.41, 5.74) is 0.134. The molecule has 25 heavy (non-hydrogen) atoms. The normalized spacial score (nSPS) is 16.2. The number of anilines is 1. The van der Waals surface area contributed by atoms with Gasteiger partial charge < -0.3 is 9.88 Å². The van der Waals surface area contributed by atoms with Gasteiger partial charge in [0, 0.05) is 18.9 Å². The molecule has 0 amide bonds. The Labute approximate surface area is 145 Å². The number of carbonyl (C=O) groups excluding carboxylic acids is 1. The van der Waals surface area contributed by atoms with Gasteiger partial charge in [0.15, 0.2) is 0 Å². The summed E-state index contributed by atoms with van der Waals surface area (Å²) >= 11 is 6.26. The van der Waals surface area contributed by atoms with E-state index in [0.717, 1.165) is 4.57 Å². The number of aromatic nitrogens is 3. The van der Waals surface area contributed by atoms with Crippen LogP contribution in [0.4, 0.5) is 19.0 Å². The second-order valence-electron chi connectivity index (χ2n) is 5.86. The summed E-state index contributed by atoms with van der Waals surface area (Å²) in [5, 5.41) is 12.1. The number of rotatable bonds is 3. The third-order valence-electron chi connectivity index (χ3n) is 4.05. The lowest BCUT2D eigenvalue weighted by atomic mass is 9.94. The van der Waals surface area contributed by atoms with Gasteiger partial charge in [-0.2, -0.15) is 18.4 Å². The van der Waals surface area contributed by atoms with Crippen LogP contribution in [0.5, 0.6) is 0 Å². The van der Waals surface area contributed by atoms with Crippen LogP contribution in [0.2, 0.25) is 5.02 Å². The zero-order valence-corrected chi connectivity index (χ0v) is 13.7. The molecule has 1 N–H and O–H groups in total. The SMILES string of the molecule is N#Cc1nc2cnc(NC3CCC(=O)CC3)c(Cl)c2n1CC(F)(F)F. The van der Waals surface area contributed by atoms with Gasteiger partial charge in [-0.15, -0.1) is 0 Å². The first kappa shape index (κ1) is 17.5. The van der Waals surface area contributed by atoms with E-state index in [1.54, 1.807) is 6.07 Å². The van der Waals surface area contributed by atoms with E-state index in [1.807, 2.05) is 0 Å². The molecule has 2 heterocycles. The van der Waals surface area contributed by atoms with Gasteiger partial charge in [-0.3, -0.25) is 4.79 Å². The lowest BCUT2D eigenvalue weighted by molar-refractivity contribution is -0.140. The summed E-state index contributed by atoms with van der Waals surface area (Å²) in [5.74, 6) is 0.0345. The summed E-state index contributed by atoms with van der Waals surface area (Å²) in [6.07, 6.45) is -1.13. The van der Waals surface area contributed by atoms with E-state index >= 15 is 0 Å². The molecule has 2 aromatic heterocycles. The minimum atomic E-state index is -4.52. The summed E-state index contributed by atoms with van der Waals surface area (Å²) < 4.78 is 39.3. The summed E-state index contributed by atoms with van der Waals surface area (Å²) in [7, 11) is 0. The first-order chi connectivity index (χ1) is 11.8. The fourth-order valence-electron chi connectivity index (χ4n) is 2.88. The van der Waals surface area contributed by atoms with Gasteiger partial charge >= 0.3 is 6.18 Å². The van der Waals surface area contributed by atoms with E-state index in [4.69, 9.17) is 16.9 Å². The number of pyridine rings is 1. The van der Waals surface area contributed by atoms with Crippen LogP contribution in [0.1, 0.15) is 31.5 Å². The number of fused-ring (bicyclic) bond motifs is 1. The number of nitrogens with zero attached hydrogens (tertiary/aromatic N) is 4. The molecule has 0 saturated heterocycles. The van der Waals surface area contributed by atoms with Crippen molar-refractivity contribution < 1.29 is 18.0 Å². The number of ketones is 1. The standard InChI is InChI=1S/C15H13ClF3N5O/c16-12-13-10(23-11(5-20)24(13)7-15(17,18)19)6-21-14(12)22-8-1-3-9(25)4-2-8/h6,8H,1-4,7H2,(H,21,22). The zero-order chi connectivity index (χ0) is 18.2. The number of nitrogens with one attached hydrogen (secondary N) is 1. The Bertz CT molecular complexity index is 861. The Morgan fingerprint density at radius 1 is 1.40 bits per heavy atom. The molecule has 0 unspecified atom stereocenters. The van der Waals surface area contributed by atoms with Gasteiger partial charge in [-0.25, -0.2) is 9.97 Å². The van der Waals surface area contributed by atoms with Crippen molar-refractivity contribution >= 4 is 34.2 Å². The highest BCUT2D eigenvalue weighted by molar-refractivity contribution is 6.37. The maximum absolute atomic E-state index is 12.8. The molecule has 0 spiro atoms. The number of halogens is 4. The van der Waals surface area contributed by atoms with Crippen molar-refractivity contribution in [3.05, 3.63) is 17.0 Å². The van der Waals surface area contributed by atoms with Gasteiger partial charge in [-0.1, -0.05) is 11.6 Å². The van der Waals surface area contributed by atoms with Gasteiger partial charge in [0.05, 0.1) is 11.7 Å². The highest BCUT2D eigenvalue weighted by atomic mass is 35.5.